The molecule has 8 aromatic rings. The van der Waals surface area contributed by atoms with Crippen molar-refractivity contribution in [3.63, 3.8) is 0 Å². The van der Waals surface area contributed by atoms with Crippen molar-refractivity contribution in [2.24, 2.45) is 0 Å². The van der Waals surface area contributed by atoms with E-state index in [1.165, 1.54) is 77.1 Å². The maximum atomic E-state index is 6.92. The van der Waals surface area contributed by atoms with Gasteiger partial charge in [0, 0.05) is 5.69 Å². The first-order valence-electron chi connectivity index (χ1n) is 23.4. The molecular formula is C60H56BNOSi. The van der Waals surface area contributed by atoms with Gasteiger partial charge in [0.15, 0.2) is 0 Å². The molecule has 3 aliphatic heterocycles. The Morgan fingerprint density at radius 1 is 0.469 bits per heavy atom. The van der Waals surface area contributed by atoms with Crippen molar-refractivity contribution in [2.45, 2.75) is 77.8 Å². The van der Waals surface area contributed by atoms with E-state index in [9.17, 15) is 0 Å². The van der Waals surface area contributed by atoms with E-state index in [1.807, 2.05) is 0 Å². The number of para-hydroxylation sites is 3. The highest BCUT2D eigenvalue weighted by Crippen LogP contribution is 2.58. The standard InChI is InChI=1S/C60H56BNOSi/c1-38(2)43-35-45(39(3)4)59(46(36-43)40(5)6)61-51-26-13-16-29-55(51)63-56-37-42(32-33-52(56)61)41-20-19-21-44(34-41)62-53-27-14-9-22-47(53)60(48-23-10-15-28-54(48)62)49-24-11-17-30-57(49)64(7,8)58-31-18-12-25-50(58)60/h9-40H,1-8H3. The summed E-state index contributed by atoms with van der Waals surface area (Å²) in [7, 11) is -2.01. The fourth-order valence-corrected chi connectivity index (χ4v) is 14.9. The van der Waals surface area contributed by atoms with Crippen molar-refractivity contribution in [3.8, 4) is 22.6 Å². The van der Waals surface area contributed by atoms with Gasteiger partial charge in [0.25, 0.3) is 6.71 Å². The fourth-order valence-electron chi connectivity index (χ4n) is 11.7. The monoisotopic (exact) mass is 845 g/mol. The van der Waals surface area contributed by atoms with Crippen LogP contribution in [-0.4, -0.2) is 14.8 Å². The zero-order valence-electron chi connectivity index (χ0n) is 38.4. The van der Waals surface area contributed by atoms with Gasteiger partial charge in [-0.3, -0.25) is 0 Å². The highest BCUT2D eigenvalue weighted by molar-refractivity contribution is 7.01. The van der Waals surface area contributed by atoms with Crippen LogP contribution in [0.1, 0.15) is 98.2 Å². The van der Waals surface area contributed by atoms with Crippen molar-refractivity contribution >= 4 is 58.6 Å². The summed E-state index contributed by atoms with van der Waals surface area (Å²) in [5, 5.41) is 3.03. The van der Waals surface area contributed by atoms with E-state index >= 15 is 0 Å². The van der Waals surface area contributed by atoms with Gasteiger partial charge in [-0.15, -0.1) is 0 Å². The van der Waals surface area contributed by atoms with Crippen LogP contribution in [0.5, 0.6) is 11.5 Å². The van der Waals surface area contributed by atoms with Gasteiger partial charge in [-0.25, -0.2) is 0 Å². The molecule has 0 aromatic heterocycles. The van der Waals surface area contributed by atoms with E-state index < -0.39 is 13.5 Å². The summed E-state index contributed by atoms with van der Waals surface area (Å²) in [6.45, 7) is 19.1. The van der Waals surface area contributed by atoms with Crippen LogP contribution >= 0.6 is 0 Å². The zero-order valence-corrected chi connectivity index (χ0v) is 39.4. The molecule has 0 saturated heterocycles. The van der Waals surface area contributed by atoms with Gasteiger partial charge in [-0.2, -0.15) is 0 Å². The van der Waals surface area contributed by atoms with Crippen molar-refractivity contribution < 1.29 is 4.74 Å². The summed E-state index contributed by atoms with van der Waals surface area (Å²) in [6, 6.07) is 66.7. The molecule has 8 aromatic carbocycles. The largest absolute Gasteiger partial charge is 0.458 e. The lowest BCUT2D eigenvalue weighted by molar-refractivity contribution is 0.487. The summed E-state index contributed by atoms with van der Waals surface area (Å²) >= 11 is 0. The Hall–Kier alpha value is -6.36. The molecule has 2 nitrogen and oxygen atoms in total. The molecule has 0 N–H and O–H groups in total. The topological polar surface area (TPSA) is 12.5 Å². The summed E-state index contributed by atoms with van der Waals surface area (Å²) < 4.78 is 6.92. The van der Waals surface area contributed by atoms with E-state index in [-0.39, 0.29) is 6.71 Å². The zero-order chi connectivity index (χ0) is 44.1. The Kier molecular flexibility index (Phi) is 9.56. The molecule has 3 heterocycles. The molecule has 0 atom stereocenters. The van der Waals surface area contributed by atoms with Gasteiger partial charge in [-0.1, -0.05) is 200 Å². The van der Waals surface area contributed by atoms with Crippen LogP contribution in [0, 0.1) is 0 Å². The van der Waals surface area contributed by atoms with E-state index in [1.54, 1.807) is 0 Å². The highest BCUT2D eigenvalue weighted by atomic mass is 28.3. The second-order valence-corrected chi connectivity index (χ2v) is 24.1. The lowest BCUT2D eigenvalue weighted by Gasteiger charge is -2.52. The number of fused-ring (bicyclic) bond motifs is 10. The number of anilines is 3. The molecule has 314 valence electrons. The first-order valence-corrected chi connectivity index (χ1v) is 26.4. The normalized spacial score (nSPS) is 15.0. The maximum absolute atomic E-state index is 6.92. The van der Waals surface area contributed by atoms with Gasteiger partial charge in [0.1, 0.15) is 19.6 Å². The van der Waals surface area contributed by atoms with E-state index in [2.05, 4.69) is 235 Å². The van der Waals surface area contributed by atoms with Crippen LogP contribution < -0.4 is 36.4 Å². The third-order valence-electron chi connectivity index (χ3n) is 14.8. The molecule has 0 amide bonds. The van der Waals surface area contributed by atoms with E-state index in [0.29, 0.717) is 17.8 Å². The van der Waals surface area contributed by atoms with Crippen molar-refractivity contribution in [2.75, 3.05) is 4.90 Å². The van der Waals surface area contributed by atoms with Crippen molar-refractivity contribution in [1.82, 2.24) is 0 Å². The smallest absolute Gasteiger partial charge is 0.251 e. The number of ether oxygens (including phenoxy) is 1. The highest BCUT2D eigenvalue weighted by Gasteiger charge is 2.53. The average Bonchev–Trinajstić information content (AvgIpc) is 3.31. The van der Waals surface area contributed by atoms with Gasteiger partial charge >= 0.3 is 0 Å². The number of rotatable bonds is 6. The minimum atomic E-state index is -2.01. The lowest BCUT2D eigenvalue weighted by atomic mass is 9.34. The number of nitrogens with zero attached hydrogens (tertiary/aromatic N) is 1. The molecule has 0 bridgehead atoms. The maximum Gasteiger partial charge on any atom is 0.251 e. The van der Waals surface area contributed by atoms with Crippen LogP contribution in [-0.2, 0) is 5.41 Å². The van der Waals surface area contributed by atoms with Gasteiger partial charge in [0.2, 0.25) is 0 Å². The third-order valence-corrected chi connectivity index (χ3v) is 18.4. The Morgan fingerprint density at radius 3 is 1.58 bits per heavy atom. The number of hydrogen-bond acceptors (Lipinski definition) is 2. The molecule has 0 saturated carbocycles. The van der Waals surface area contributed by atoms with Crippen LogP contribution in [0.25, 0.3) is 11.1 Å². The molecule has 0 aliphatic carbocycles. The molecule has 0 fully saturated rings. The van der Waals surface area contributed by atoms with Crippen LogP contribution in [0.3, 0.4) is 0 Å². The molecule has 0 radical (unpaired) electrons. The minimum absolute atomic E-state index is 0.0633. The first-order chi connectivity index (χ1) is 31.0. The predicted molar refractivity (Wildman–Crippen MR) is 275 cm³/mol. The van der Waals surface area contributed by atoms with Crippen molar-refractivity contribution in [3.05, 3.63) is 215 Å². The van der Waals surface area contributed by atoms with E-state index in [0.717, 1.165) is 28.3 Å². The second-order valence-electron chi connectivity index (χ2n) is 19.8. The van der Waals surface area contributed by atoms with Gasteiger partial charge < -0.3 is 9.64 Å². The molecule has 4 heteroatoms. The fraction of sp³-hybridized carbons (Fsp3) is 0.200. The summed E-state index contributed by atoms with van der Waals surface area (Å²) in [6.07, 6.45) is 0. The molecule has 11 rings (SSSR count). The molecule has 3 aliphatic rings. The van der Waals surface area contributed by atoms with Crippen LogP contribution in [0.2, 0.25) is 13.1 Å². The van der Waals surface area contributed by atoms with Crippen LogP contribution in [0.15, 0.2) is 176 Å². The molecular weight excluding hydrogens is 790 g/mol. The lowest BCUT2D eigenvalue weighted by Crippen LogP contribution is -2.63. The first kappa shape index (κ1) is 40.4. The third kappa shape index (κ3) is 5.91. The predicted octanol–water partition coefficient (Wildman–Crippen LogP) is 12.6. The van der Waals surface area contributed by atoms with Gasteiger partial charge in [-0.05, 0) is 126 Å². The van der Waals surface area contributed by atoms with Gasteiger partial charge in [0.05, 0.1) is 16.8 Å². The van der Waals surface area contributed by atoms with Crippen LogP contribution in [0.4, 0.5) is 17.1 Å². The van der Waals surface area contributed by atoms with Crippen molar-refractivity contribution in [1.29, 1.82) is 0 Å². The molecule has 64 heavy (non-hydrogen) atoms. The Balaban J connectivity index is 1.07. The molecule has 0 unspecified atom stereocenters. The Labute approximate surface area is 381 Å². The average molecular weight is 846 g/mol. The summed E-state index contributed by atoms with van der Waals surface area (Å²) in [5.41, 5.74) is 19.1. The quantitative estimate of drug-likeness (QED) is 0.155. The Bertz CT molecular complexity index is 3010. The second kappa shape index (κ2) is 15.1. The summed E-state index contributed by atoms with van der Waals surface area (Å²) in [4.78, 5) is 2.50. The molecule has 1 spiro atoms. The Morgan fingerprint density at radius 2 is 0.984 bits per heavy atom. The minimum Gasteiger partial charge on any atom is -0.458 e. The number of benzene rings is 8. The number of hydrogen-bond donors (Lipinski definition) is 0. The summed E-state index contributed by atoms with van der Waals surface area (Å²) in [5.74, 6) is 3.08. The van der Waals surface area contributed by atoms with E-state index in [4.69, 9.17) is 4.74 Å². The SMILES string of the molecule is CC(C)c1cc(C(C)C)c(B2c3ccccc3Oc3cc(-c4cccc(N5c6ccccc6C6(c7ccccc75)c5ccccc5[Si](C)(C)c5ccccc56)c4)ccc32)c(C(C)C)c1.